The number of aryl methyl sites for hydroxylation is 2. The molecule has 7 heteroatoms. The first kappa shape index (κ1) is 19.9. The monoisotopic (exact) mass is 399 g/mol. The number of hydrogen-bond acceptors (Lipinski definition) is 7. The summed E-state index contributed by atoms with van der Waals surface area (Å²) in [7, 11) is 3.06. The summed E-state index contributed by atoms with van der Waals surface area (Å²) < 4.78 is 10.5. The van der Waals surface area contributed by atoms with Crippen LogP contribution in [0.15, 0.2) is 18.3 Å². The summed E-state index contributed by atoms with van der Waals surface area (Å²) in [6, 6.07) is 4.32. The lowest BCUT2D eigenvalue weighted by Crippen LogP contribution is -2.35. The topological polar surface area (TPSA) is 87.9 Å². The van der Waals surface area contributed by atoms with Crippen LogP contribution in [-0.2, 0) is 12.1 Å². The van der Waals surface area contributed by atoms with Crippen LogP contribution in [0.1, 0.15) is 35.1 Å². The summed E-state index contributed by atoms with van der Waals surface area (Å²) in [5, 5.41) is 21.7. The third-order valence-electron chi connectivity index (χ3n) is 6.56. The molecule has 1 aromatic carbocycles. The van der Waals surface area contributed by atoms with Crippen LogP contribution in [0.2, 0.25) is 0 Å². The number of fused-ring (bicyclic) bond motifs is 1. The molecular formula is C22H29N3O4. The van der Waals surface area contributed by atoms with E-state index < -0.39 is 5.60 Å². The predicted octanol–water partition coefficient (Wildman–Crippen LogP) is 2.55. The smallest absolute Gasteiger partial charge is 0.319 e. The average molecular weight is 399 g/mol. The highest BCUT2D eigenvalue weighted by molar-refractivity contribution is 5.42. The third kappa shape index (κ3) is 3.42. The lowest BCUT2D eigenvalue weighted by Gasteiger charge is -2.31. The fourth-order valence-electron chi connectivity index (χ4n) is 5.15. The van der Waals surface area contributed by atoms with E-state index in [1.165, 1.54) is 12.7 Å². The molecule has 1 aliphatic heterocycles. The van der Waals surface area contributed by atoms with Crippen molar-refractivity contribution in [3.63, 3.8) is 0 Å². The number of benzene rings is 1. The minimum Gasteiger partial charge on any atom is -0.507 e. The molecule has 0 radical (unpaired) electrons. The van der Waals surface area contributed by atoms with Crippen LogP contribution in [0.4, 0.5) is 0 Å². The fourth-order valence-corrected chi connectivity index (χ4v) is 5.15. The summed E-state index contributed by atoms with van der Waals surface area (Å²) in [5.74, 6) is 1.27. The quantitative estimate of drug-likeness (QED) is 0.799. The molecular weight excluding hydrogens is 370 g/mol. The molecule has 3 atom stereocenters. The van der Waals surface area contributed by atoms with E-state index in [0.29, 0.717) is 29.5 Å². The van der Waals surface area contributed by atoms with Crippen LogP contribution in [0, 0.1) is 25.7 Å². The zero-order valence-electron chi connectivity index (χ0n) is 17.5. The van der Waals surface area contributed by atoms with Crippen molar-refractivity contribution in [3.8, 4) is 17.6 Å². The van der Waals surface area contributed by atoms with Gasteiger partial charge in [-0.3, -0.25) is 4.90 Å². The Morgan fingerprint density at radius 1 is 1.17 bits per heavy atom. The Hall–Kier alpha value is -2.38. The molecule has 0 unspecified atom stereocenters. The number of rotatable bonds is 5. The highest BCUT2D eigenvalue weighted by Gasteiger charge is 2.53. The number of aromatic hydroxyl groups is 1. The van der Waals surface area contributed by atoms with E-state index in [4.69, 9.17) is 9.47 Å². The molecule has 4 rings (SSSR count). The zero-order valence-corrected chi connectivity index (χ0v) is 17.5. The van der Waals surface area contributed by atoms with Gasteiger partial charge in [0.15, 0.2) is 0 Å². The number of phenolic OH excluding ortho intramolecular Hbond substituents is 1. The molecule has 2 fully saturated rings. The Morgan fingerprint density at radius 2 is 1.90 bits per heavy atom. The predicted molar refractivity (Wildman–Crippen MR) is 108 cm³/mol. The van der Waals surface area contributed by atoms with Gasteiger partial charge in [-0.05, 0) is 49.3 Å². The Balaban J connectivity index is 1.56. The van der Waals surface area contributed by atoms with Crippen molar-refractivity contribution < 1.29 is 19.7 Å². The lowest BCUT2D eigenvalue weighted by molar-refractivity contribution is -0.00972. The SMILES string of the molecule is COc1ncc([C@]2(O)CC[C@H]3CN(Cc4cc(C)c(O)c(C)c4)C[C@H]32)c(OC)n1. The van der Waals surface area contributed by atoms with E-state index in [1.54, 1.807) is 13.3 Å². The molecule has 0 bridgehead atoms. The van der Waals surface area contributed by atoms with Crippen molar-refractivity contribution in [1.82, 2.24) is 14.9 Å². The number of nitrogens with zero attached hydrogens (tertiary/aromatic N) is 3. The molecule has 2 aliphatic rings. The molecule has 1 aliphatic carbocycles. The normalized spacial score (nSPS) is 26.5. The van der Waals surface area contributed by atoms with Gasteiger partial charge in [-0.15, -0.1) is 0 Å². The summed E-state index contributed by atoms with van der Waals surface area (Å²) in [5.41, 5.74) is 2.63. The summed E-state index contributed by atoms with van der Waals surface area (Å²) >= 11 is 0. The minimum atomic E-state index is -1.00. The van der Waals surface area contributed by atoms with Gasteiger partial charge in [0.05, 0.1) is 19.8 Å². The zero-order chi connectivity index (χ0) is 20.8. The van der Waals surface area contributed by atoms with Crippen LogP contribution in [0.25, 0.3) is 0 Å². The largest absolute Gasteiger partial charge is 0.507 e. The van der Waals surface area contributed by atoms with Gasteiger partial charge in [-0.25, -0.2) is 4.98 Å². The highest BCUT2D eigenvalue weighted by Crippen LogP contribution is 2.52. The van der Waals surface area contributed by atoms with Crippen molar-refractivity contribution in [2.24, 2.45) is 11.8 Å². The number of aromatic nitrogens is 2. The first-order valence-electron chi connectivity index (χ1n) is 10.0. The molecule has 2 aromatic rings. The number of phenols is 1. The van der Waals surface area contributed by atoms with E-state index >= 15 is 0 Å². The number of aliphatic hydroxyl groups is 1. The molecule has 1 saturated carbocycles. The molecule has 1 aromatic heterocycles. The molecule has 0 spiro atoms. The first-order chi connectivity index (χ1) is 13.9. The highest BCUT2D eigenvalue weighted by atomic mass is 16.5. The van der Waals surface area contributed by atoms with E-state index in [1.807, 2.05) is 26.0 Å². The van der Waals surface area contributed by atoms with Crippen LogP contribution in [0.3, 0.4) is 0 Å². The van der Waals surface area contributed by atoms with Gasteiger partial charge in [0.1, 0.15) is 11.4 Å². The molecule has 0 amide bonds. The van der Waals surface area contributed by atoms with Gasteiger partial charge in [0.25, 0.3) is 0 Å². The second-order valence-corrected chi connectivity index (χ2v) is 8.38. The van der Waals surface area contributed by atoms with Gasteiger partial charge >= 0.3 is 6.01 Å². The average Bonchev–Trinajstić information content (AvgIpc) is 3.25. The molecule has 29 heavy (non-hydrogen) atoms. The van der Waals surface area contributed by atoms with Crippen LogP contribution < -0.4 is 9.47 Å². The Bertz CT molecular complexity index is 896. The van der Waals surface area contributed by atoms with Crippen LogP contribution in [-0.4, -0.2) is 52.4 Å². The molecule has 2 heterocycles. The number of likely N-dealkylation sites (tertiary alicyclic amines) is 1. The van der Waals surface area contributed by atoms with Crippen molar-refractivity contribution in [2.75, 3.05) is 27.3 Å². The minimum absolute atomic E-state index is 0.104. The Morgan fingerprint density at radius 3 is 2.55 bits per heavy atom. The second kappa shape index (κ2) is 7.46. The lowest BCUT2D eigenvalue weighted by atomic mass is 9.83. The fraction of sp³-hybridized carbons (Fsp3) is 0.545. The summed E-state index contributed by atoms with van der Waals surface area (Å²) in [6.07, 6.45) is 3.28. The number of ether oxygens (including phenoxy) is 2. The van der Waals surface area contributed by atoms with Crippen molar-refractivity contribution in [3.05, 3.63) is 40.6 Å². The number of hydrogen-bond donors (Lipinski definition) is 2. The van der Waals surface area contributed by atoms with Gasteiger partial charge < -0.3 is 19.7 Å². The maximum absolute atomic E-state index is 11.7. The summed E-state index contributed by atoms with van der Waals surface area (Å²) in [6.45, 7) is 6.42. The number of methoxy groups -OCH3 is 2. The molecule has 7 nitrogen and oxygen atoms in total. The van der Waals surface area contributed by atoms with Gasteiger partial charge in [0, 0.05) is 31.7 Å². The third-order valence-corrected chi connectivity index (χ3v) is 6.56. The molecule has 2 N–H and O–H groups in total. The Labute approximate surface area is 171 Å². The van der Waals surface area contributed by atoms with E-state index in [9.17, 15) is 10.2 Å². The van der Waals surface area contributed by atoms with Crippen LogP contribution >= 0.6 is 0 Å². The van der Waals surface area contributed by atoms with Gasteiger partial charge in [0.2, 0.25) is 5.88 Å². The van der Waals surface area contributed by atoms with Crippen molar-refractivity contribution in [1.29, 1.82) is 0 Å². The van der Waals surface area contributed by atoms with Crippen molar-refractivity contribution in [2.45, 2.75) is 38.8 Å². The standard InChI is InChI=1S/C22H29N3O4/c1-13-7-15(8-14(2)19(13)26)10-25-11-16-5-6-22(27,18(16)12-25)17-9-23-21(29-4)24-20(17)28-3/h7-9,16,18,26-27H,5-6,10-12H2,1-4H3/t16-,18+,22+/m0/s1. The van der Waals surface area contributed by atoms with E-state index in [0.717, 1.165) is 37.2 Å². The first-order valence-corrected chi connectivity index (χ1v) is 10.0. The maximum atomic E-state index is 11.7. The molecule has 156 valence electrons. The van der Waals surface area contributed by atoms with Gasteiger partial charge in [-0.2, -0.15) is 4.98 Å². The van der Waals surface area contributed by atoms with Crippen LogP contribution in [0.5, 0.6) is 17.6 Å². The van der Waals surface area contributed by atoms with E-state index in [-0.39, 0.29) is 11.9 Å². The maximum Gasteiger partial charge on any atom is 0.319 e. The second-order valence-electron chi connectivity index (χ2n) is 8.38. The van der Waals surface area contributed by atoms with Gasteiger partial charge in [-0.1, -0.05) is 12.1 Å². The van der Waals surface area contributed by atoms with Crippen molar-refractivity contribution >= 4 is 0 Å². The Kier molecular flexibility index (Phi) is 5.12. The molecule has 1 saturated heterocycles. The summed E-state index contributed by atoms with van der Waals surface area (Å²) in [4.78, 5) is 10.9. The van der Waals surface area contributed by atoms with E-state index in [2.05, 4.69) is 14.9 Å².